The number of carbonyl (C=O) groups is 4. The van der Waals surface area contributed by atoms with Gasteiger partial charge >= 0.3 is 5.97 Å². The second-order valence-electron chi connectivity index (χ2n) is 12.8. The first-order chi connectivity index (χ1) is 22.1. The zero-order valence-corrected chi connectivity index (χ0v) is 27.8. The fraction of sp³-hybridized carbons (Fsp3) is 0.486. The Morgan fingerprint density at radius 1 is 1.09 bits per heavy atom. The standard InChI is InChI=1S/C35H40BrN3O7/c1-4-20(2)26(19-40)39-31-33(43)38(24-14-13-22-10-7-8-11-23(22)16-24)15-9-5-6-12-27(41)37-18-21(3)45-34(44)28-29(32(39)42)35(31)17-25(36)30(28)46-35/h5,7-11,13-14,16-17,20-21,26,28-31,40H,4,6,12,15,18-19H2,1-3H3,(H,37,41)/b9-5-/t20-,21-,26-,28+,29-,30+,31+,35-/m0/s1. The van der Waals surface area contributed by atoms with Crippen LogP contribution in [0.3, 0.4) is 0 Å². The molecule has 1 spiro atoms. The Balaban J connectivity index is 1.51. The van der Waals surface area contributed by atoms with Crippen molar-refractivity contribution in [2.24, 2.45) is 17.8 Å². The molecule has 4 aliphatic heterocycles. The van der Waals surface area contributed by atoms with Crippen LogP contribution in [0.4, 0.5) is 5.69 Å². The Bertz CT molecular complexity index is 1610. The average molecular weight is 695 g/mol. The summed E-state index contributed by atoms with van der Waals surface area (Å²) in [6, 6.07) is 11.8. The highest BCUT2D eigenvalue weighted by molar-refractivity contribution is 9.11. The van der Waals surface area contributed by atoms with E-state index >= 15 is 4.79 Å². The van der Waals surface area contributed by atoms with Crippen molar-refractivity contribution in [1.29, 1.82) is 0 Å². The van der Waals surface area contributed by atoms with Crippen LogP contribution in [0.5, 0.6) is 0 Å². The SMILES string of the molecule is CC[C@H](C)[C@H](CO)N1C(=O)[C@@H]2[C@H]3C(=O)O[C@@H](C)CNC(=O)CC/C=C\CN(c4ccc5ccccc5c4)C(=O)[C@@H]1[C@]21C=C(Br)[C@H]3O1. The van der Waals surface area contributed by atoms with Crippen molar-refractivity contribution in [2.75, 3.05) is 24.6 Å². The third-order valence-corrected chi connectivity index (χ3v) is 10.6. The number of aliphatic hydroxyl groups is 1. The second-order valence-corrected chi connectivity index (χ2v) is 13.7. The van der Waals surface area contributed by atoms with Crippen molar-refractivity contribution < 1.29 is 33.8 Å². The van der Waals surface area contributed by atoms with Gasteiger partial charge in [0.15, 0.2) is 0 Å². The number of aliphatic hydroxyl groups excluding tert-OH is 1. The minimum Gasteiger partial charge on any atom is -0.460 e. The highest BCUT2D eigenvalue weighted by Crippen LogP contribution is 2.59. The summed E-state index contributed by atoms with van der Waals surface area (Å²) in [5.74, 6) is -3.83. The largest absolute Gasteiger partial charge is 0.460 e. The second kappa shape index (κ2) is 12.9. The van der Waals surface area contributed by atoms with E-state index in [-0.39, 0.29) is 43.8 Å². The molecule has 46 heavy (non-hydrogen) atoms. The quantitative estimate of drug-likeness (QED) is 0.360. The predicted octanol–water partition coefficient (Wildman–Crippen LogP) is 3.85. The van der Waals surface area contributed by atoms with E-state index < -0.39 is 53.6 Å². The molecule has 0 saturated carbocycles. The number of hydrogen-bond donors (Lipinski definition) is 2. The Labute approximate surface area is 276 Å². The number of halogens is 1. The lowest BCUT2D eigenvalue weighted by Gasteiger charge is -2.40. The first-order valence-electron chi connectivity index (χ1n) is 16.0. The zero-order valence-electron chi connectivity index (χ0n) is 26.2. The fourth-order valence-corrected chi connectivity index (χ4v) is 8.10. The molecule has 6 rings (SSSR count). The molecule has 2 aromatic carbocycles. The number of esters is 1. The third-order valence-electron chi connectivity index (χ3n) is 9.92. The van der Waals surface area contributed by atoms with Crippen LogP contribution in [0.25, 0.3) is 10.8 Å². The van der Waals surface area contributed by atoms with Gasteiger partial charge in [0.25, 0.3) is 5.91 Å². The number of nitrogens with one attached hydrogen (secondary N) is 1. The molecule has 5 bridgehead atoms. The lowest BCUT2D eigenvalue weighted by molar-refractivity contribution is -0.159. The maximum Gasteiger partial charge on any atom is 0.313 e. The first-order valence-corrected chi connectivity index (χ1v) is 16.8. The molecule has 4 aliphatic rings. The number of benzene rings is 2. The number of nitrogens with zero attached hydrogens (tertiary/aromatic N) is 2. The maximum absolute atomic E-state index is 15.1. The molecule has 4 heterocycles. The van der Waals surface area contributed by atoms with Crippen molar-refractivity contribution >= 4 is 56.1 Å². The van der Waals surface area contributed by atoms with Gasteiger partial charge in [-0.05, 0) is 48.2 Å². The Morgan fingerprint density at radius 2 is 1.85 bits per heavy atom. The van der Waals surface area contributed by atoms with Crippen LogP contribution in [0, 0.1) is 17.8 Å². The van der Waals surface area contributed by atoms with Gasteiger partial charge in [-0.1, -0.05) is 78.7 Å². The molecule has 11 heteroatoms. The molecule has 10 nitrogen and oxygen atoms in total. The number of likely N-dealkylation sites (tertiary alicyclic amines) is 1. The van der Waals surface area contributed by atoms with Crippen LogP contribution in [0.15, 0.2) is 65.2 Å². The molecular weight excluding hydrogens is 654 g/mol. The molecule has 2 saturated heterocycles. The summed E-state index contributed by atoms with van der Waals surface area (Å²) in [6.45, 7) is 5.53. The number of ether oxygens (including phenoxy) is 2. The number of anilines is 1. The van der Waals surface area contributed by atoms with Gasteiger partial charge in [-0.25, -0.2) is 0 Å². The highest BCUT2D eigenvalue weighted by atomic mass is 79.9. The molecule has 244 valence electrons. The van der Waals surface area contributed by atoms with Gasteiger partial charge in [0, 0.05) is 23.1 Å². The monoisotopic (exact) mass is 693 g/mol. The summed E-state index contributed by atoms with van der Waals surface area (Å²) in [4.78, 5) is 59.2. The van der Waals surface area contributed by atoms with Crippen LogP contribution >= 0.6 is 15.9 Å². The molecule has 2 aromatic rings. The van der Waals surface area contributed by atoms with Crippen molar-refractivity contribution in [2.45, 2.75) is 69.9 Å². The first kappa shape index (κ1) is 32.4. The Morgan fingerprint density at radius 3 is 2.59 bits per heavy atom. The van der Waals surface area contributed by atoms with Crippen molar-refractivity contribution in [3.8, 4) is 0 Å². The minimum atomic E-state index is -1.47. The van der Waals surface area contributed by atoms with E-state index in [1.807, 2.05) is 68.5 Å². The molecule has 0 unspecified atom stereocenters. The number of hydrogen-bond acceptors (Lipinski definition) is 7. The summed E-state index contributed by atoms with van der Waals surface area (Å²) in [5.41, 5.74) is -0.840. The summed E-state index contributed by atoms with van der Waals surface area (Å²) in [5, 5.41) is 15.5. The number of allylic oxidation sites excluding steroid dienone is 1. The van der Waals surface area contributed by atoms with Crippen molar-refractivity contribution in [3.05, 3.63) is 65.2 Å². The minimum absolute atomic E-state index is 0.122. The van der Waals surface area contributed by atoms with Crippen LogP contribution in [0.1, 0.15) is 40.0 Å². The van der Waals surface area contributed by atoms with Gasteiger partial charge in [0.05, 0.1) is 25.1 Å². The number of cyclic esters (lactones) is 1. The number of carbonyl (C=O) groups excluding carboxylic acids is 4. The highest BCUT2D eigenvalue weighted by Gasteiger charge is 2.75. The number of rotatable bonds is 5. The van der Waals surface area contributed by atoms with E-state index in [2.05, 4.69) is 21.2 Å². The maximum atomic E-state index is 15.1. The van der Waals surface area contributed by atoms with Gasteiger partial charge < -0.3 is 29.7 Å². The van der Waals surface area contributed by atoms with Crippen molar-refractivity contribution in [1.82, 2.24) is 10.2 Å². The molecule has 2 N–H and O–H groups in total. The summed E-state index contributed by atoms with van der Waals surface area (Å²) in [6.07, 6.45) is 5.35. The van der Waals surface area contributed by atoms with E-state index in [9.17, 15) is 19.5 Å². The average Bonchev–Trinajstić information content (AvgIpc) is 3.64. The van der Waals surface area contributed by atoms with Crippen molar-refractivity contribution in [3.63, 3.8) is 0 Å². The normalized spacial score (nSPS) is 32.2. The smallest absolute Gasteiger partial charge is 0.313 e. The fourth-order valence-electron chi connectivity index (χ4n) is 7.37. The Kier molecular flexibility index (Phi) is 9.11. The predicted molar refractivity (Wildman–Crippen MR) is 176 cm³/mol. The van der Waals surface area contributed by atoms with E-state index in [1.165, 1.54) is 4.90 Å². The van der Waals surface area contributed by atoms with Crippen LogP contribution in [-0.2, 0) is 28.7 Å². The molecular formula is C35H40BrN3O7. The van der Waals surface area contributed by atoms with E-state index in [0.29, 0.717) is 23.0 Å². The summed E-state index contributed by atoms with van der Waals surface area (Å²) < 4.78 is 13.0. The van der Waals surface area contributed by atoms with E-state index in [1.54, 1.807) is 17.9 Å². The zero-order chi connectivity index (χ0) is 32.7. The molecule has 2 fully saturated rings. The van der Waals surface area contributed by atoms with Gasteiger partial charge in [0.1, 0.15) is 29.8 Å². The van der Waals surface area contributed by atoms with Gasteiger partial charge in [0.2, 0.25) is 11.8 Å². The summed E-state index contributed by atoms with van der Waals surface area (Å²) in [7, 11) is 0. The van der Waals surface area contributed by atoms with Gasteiger partial charge in [-0.3, -0.25) is 19.2 Å². The third kappa shape index (κ3) is 5.46. The molecule has 0 aromatic heterocycles. The molecule has 0 radical (unpaired) electrons. The number of fused-ring (bicyclic) bond motifs is 3. The van der Waals surface area contributed by atoms with Gasteiger partial charge in [-0.2, -0.15) is 0 Å². The molecule has 0 aliphatic carbocycles. The van der Waals surface area contributed by atoms with E-state index in [0.717, 1.165) is 10.8 Å². The molecule has 3 amide bonds. The lowest BCUT2D eigenvalue weighted by Crippen LogP contribution is -2.59. The van der Waals surface area contributed by atoms with Crippen LogP contribution < -0.4 is 10.2 Å². The number of amides is 3. The van der Waals surface area contributed by atoms with Gasteiger partial charge in [-0.15, -0.1) is 0 Å². The van der Waals surface area contributed by atoms with Crippen LogP contribution in [-0.4, -0.2) is 83.3 Å². The lowest BCUT2D eigenvalue weighted by atomic mass is 9.74. The Hall–Kier alpha value is -3.54. The topological polar surface area (TPSA) is 125 Å². The summed E-state index contributed by atoms with van der Waals surface area (Å²) >= 11 is 3.58. The van der Waals surface area contributed by atoms with Crippen LogP contribution in [0.2, 0.25) is 0 Å². The van der Waals surface area contributed by atoms with E-state index in [4.69, 9.17) is 9.47 Å². The molecule has 8 atom stereocenters.